The zero-order chi connectivity index (χ0) is 15.6. The highest BCUT2D eigenvalue weighted by atomic mass is 19.2. The zero-order valence-electron chi connectivity index (χ0n) is 12.5. The molecule has 1 unspecified atom stereocenters. The van der Waals surface area contributed by atoms with Gasteiger partial charge < -0.3 is 15.0 Å². The monoisotopic (exact) mass is 298 g/mol. The molecule has 0 bridgehead atoms. The van der Waals surface area contributed by atoms with Crippen molar-refractivity contribution in [1.29, 1.82) is 0 Å². The summed E-state index contributed by atoms with van der Waals surface area (Å²) in [6.45, 7) is 6.59. The Morgan fingerprint density at radius 1 is 1.38 bits per heavy atom. The summed E-state index contributed by atoms with van der Waals surface area (Å²) < 4.78 is 32.4. The van der Waals surface area contributed by atoms with Crippen LogP contribution >= 0.6 is 0 Å². The van der Waals surface area contributed by atoms with E-state index in [0.29, 0.717) is 13.1 Å². The third kappa shape index (κ3) is 3.91. The summed E-state index contributed by atoms with van der Waals surface area (Å²) in [6.07, 6.45) is -0.439. The molecule has 1 saturated heterocycles. The van der Waals surface area contributed by atoms with Crippen LogP contribution in [0.5, 0.6) is 0 Å². The fourth-order valence-electron chi connectivity index (χ4n) is 2.24. The number of piperazine rings is 1. The molecule has 1 N–H and O–H groups in total. The lowest BCUT2D eigenvalue weighted by molar-refractivity contribution is 0.0193. The Balaban J connectivity index is 2.10. The van der Waals surface area contributed by atoms with Crippen LogP contribution in [0.25, 0.3) is 0 Å². The van der Waals surface area contributed by atoms with Crippen molar-refractivity contribution in [3.8, 4) is 0 Å². The number of carbonyl (C=O) groups is 1. The van der Waals surface area contributed by atoms with Crippen molar-refractivity contribution in [2.75, 3.05) is 19.6 Å². The Hall–Kier alpha value is -1.69. The zero-order valence-corrected chi connectivity index (χ0v) is 12.5. The molecule has 1 aliphatic rings. The van der Waals surface area contributed by atoms with Crippen molar-refractivity contribution in [3.05, 3.63) is 35.4 Å². The van der Waals surface area contributed by atoms with E-state index >= 15 is 0 Å². The van der Waals surface area contributed by atoms with E-state index in [9.17, 15) is 13.6 Å². The second kappa shape index (κ2) is 5.97. The molecule has 0 aliphatic carbocycles. The van der Waals surface area contributed by atoms with E-state index in [1.165, 1.54) is 17.0 Å². The Kier molecular flexibility index (Phi) is 4.46. The molecule has 1 aromatic carbocycles. The van der Waals surface area contributed by atoms with E-state index in [4.69, 9.17) is 4.74 Å². The van der Waals surface area contributed by atoms with Crippen LogP contribution in [0.2, 0.25) is 0 Å². The molecule has 1 fully saturated rings. The van der Waals surface area contributed by atoms with E-state index in [1.807, 2.05) is 0 Å². The summed E-state index contributed by atoms with van der Waals surface area (Å²) in [5.74, 6) is -1.76. The molecule has 116 valence electrons. The van der Waals surface area contributed by atoms with Gasteiger partial charge in [0.1, 0.15) is 5.60 Å². The van der Waals surface area contributed by atoms with E-state index in [0.717, 1.165) is 6.07 Å². The van der Waals surface area contributed by atoms with Gasteiger partial charge in [0.05, 0.1) is 6.04 Å². The van der Waals surface area contributed by atoms with Gasteiger partial charge in [-0.3, -0.25) is 0 Å². The number of amides is 1. The number of hydrogen-bond acceptors (Lipinski definition) is 3. The number of benzene rings is 1. The molecular formula is C15H20F2N2O2. The number of nitrogens with one attached hydrogen (secondary N) is 1. The van der Waals surface area contributed by atoms with Crippen molar-refractivity contribution < 1.29 is 18.3 Å². The Bertz CT molecular complexity index is 529. The van der Waals surface area contributed by atoms with Crippen LogP contribution in [-0.2, 0) is 4.74 Å². The number of carbonyl (C=O) groups excluding carboxylic acids is 1. The lowest BCUT2D eigenvalue weighted by atomic mass is 10.0. The normalized spacial score (nSPS) is 19.5. The van der Waals surface area contributed by atoms with Gasteiger partial charge in [0.15, 0.2) is 11.6 Å². The molecule has 0 spiro atoms. The van der Waals surface area contributed by atoms with Gasteiger partial charge in [0.25, 0.3) is 0 Å². The average molecular weight is 298 g/mol. The molecular weight excluding hydrogens is 278 g/mol. The molecule has 0 saturated carbocycles. The van der Waals surface area contributed by atoms with Gasteiger partial charge in [-0.05, 0) is 26.8 Å². The standard InChI is InChI=1S/C15H20F2N2O2/c1-15(2,3)21-14(20)19-8-7-18-12(9-19)10-5-4-6-11(16)13(10)17/h4-6,12,18H,7-9H2,1-3H3. The number of nitrogens with zero attached hydrogens (tertiary/aromatic N) is 1. The van der Waals surface area contributed by atoms with E-state index in [2.05, 4.69) is 5.32 Å². The van der Waals surface area contributed by atoms with E-state index in [1.54, 1.807) is 20.8 Å². The molecule has 2 rings (SSSR count). The minimum atomic E-state index is -0.885. The first-order chi connectivity index (χ1) is 9.78. The third-order valence-electron chi connectivity index (χ3n) is 3.18. The first kappa shape index (κ1) is 15.7. The molecule has 21 heavy (non-hydrogen) atoms. The second-order valence-electron chi connectivity index (χ2n) is 6.08. The summed E-state index contributed by atoms with van der Waals surface area (Å²) in [6, 6.07) is 3.62. The van der Waals surface area contributed by atoms with Gasteiger partial charge in [-0.1, -0.05) is 12.1 Å². The number of halogens is 2. The fourth-order valence-corrected chi connectivity index (χ4v) is 2.24. The number of rotatable bonds is 1. The fraction of sp³-hybridized carbons (Fsp3) is 0.533. The maximum Gasteiger partial charge on any atom is 0.410 e. The van der Waals surface area contributed by atoms with Crippen molar-refractivity contribution in [3.63, 3.8) is 0 Å². The molecule has 1 aromatic rings. The van der Waals surface area contributed by atoms with Crippen LogP contribution in [0.15, 0.2) is 18.2 Å². The largest absolute Gasteiger partial charge is 0.444 e. The smallest absolute Gasteiger partial charge is 0.410 e. The van der Waals surface area contributed by atoms with Gasteiger partial charge in [0.2, 0.25) is 0 Å². The molecule has 0 aromatic heterocycles. The maximum atomic E-state index is 13.8. The molecule has 1 heterocycles. The topological polar surface area (TPSA) is 41.6 Å². The first-order valence-electron chi connectivity index (χ1n) is 6.93. The summed E-state index contributed by atoms with van der Waals surface area (Å²) in [5, 5.41) is 3.10. The van der Waals surface area contributed by atoms with Crippen molar-refractivity contribution in [2.24, 2.45) is 0 Å². The summed E-state index contributed by atoms with van der Waals surface area (Å²) in [7, 11) is 0. The van der Waals surface area contributed by atoms with Crippen LogP contribution < -0.4 is 5.32 Å². The third-order valence-corrected chi connectivity index (χ3v) is 3.18. The quantitative estimate of drug-likeness (QED) is 0.867. The molecule has 1 aliphatic heterocycles. The Morgan fingerprint density at radius 2 is 2.10 bits per heavy atom. The second-order valence-corrected chi connectivity index (χ2v) is 6.08. The minimum absolute atomic E-state index is 0.225. The Labute approximate surface area is 123 Å². The summed E-state index contributed by atoms with van der Waals surface area (Å²) in [5.41, 5.74) is -0.357. The predicted molar refractivity (Wildman–Crippen MR) is 74.9 cm³/mol. The van der Waals surface area contributed by atoms with Crippen LogP contribution in [-0.4, -0.2) is 36.2 Å². The summed E-state index contributed by atoms with van der Waals surface area (Å²) in [4.78, 5) is 13.6. The predicted octanol–water partition coefficient (Wildman–Crippen LogP) is 2.85. The maximum absolute atomic E-state index is 13.8. The average Bonchev–Trinajstić information content (AvgIpc) is 2.40. The van der Waals surface area contributed by atoms with Gasteiger partial charge in [-0.15, -0.1) is 0 Å². The number of ether oxygens (including phenoxy) is 1. The van der Waals surface area contributed by atoms with Gasteiger partial charge in [0, 0.05) is 25.2 Å². The van der Waals surface area contributed by atoms with Gasteiger partial charge >= 0.3 is 6.09 Å². The molecule has 0 radical (unpaired) electrons. The van der Waals surface area contributed by atoms with Crippen molar-refractivity contribution >= 4 is 6.09 Å². The molecule has 6 heteroatoms. The first-order valence-corrected chi connectivity index (χ1v) is 6.93. The van der Waals surface area contributed by atoms with Crippen molar-refractivity contribution in [2.45, 2.75) is 32.4 Å². The minimum Gasteiger partial charge on any atom is -0.444 e. The molecule has 4 nitrogen and oxygen atoms in total. The van der Waals surface area contributed by atoms with Crippen molar-refractivity contribution in [1.82, 2.24) is 10.2 Å². The van der Waals surface area contributed by atoms with Gasteiger partial charge in [-0.2, -0.15) is 0 Å². The number of hydrogen-bond donors (Lipinski definition) is 1. The lowest BCUT2D eigenvalue weighted by Gasteiger charge is -2.35. The van der Waals surface area contributed by atoms with Crippen LogP contribution in [0.3, 0.4) is 0 Å². The highest BCUT2D eigenvalue weighted by Gasteiger charge is 2.29. The highest BCUT2D eigenvalue weighted by Crippen LogP contribution is 2.23. The molecule has 1 atom stereocenters. The van der Waals surface area contributed by atoms with E-state index in [-0.39, 0.29) is 12.1 Å². The summed E-state index contributed by atoms with van der Waals surface area (Å²) >= 11 is 0. The lowest BCUT2D eigenvalue weighted by Crippen LogP contribution is -2.49. The van der Waals surface area contributed by atoms with Crippen LogP contribution in [0, 0.1) is 11.6 Å². The van der Waals surface area contributed by atoms with Crippen LogP contribution in [0.1, 0.15) is 32.4 Å². The molecule has 1 amide bonds. The van der Waals surface area contributed by atoms with Gasteiger partial charge in [-0.25, -0.2) is 13.6 Å². The SMILES string of the molecule is CC(C)(C)OC(=O)N1CCNC(c2cccc(F)c2F)C1. The highest BCUT2D eigenvalue weighted by molar-refractivity contribution is 5.68. The Morgan fingerprint density at radius 3 is 2.76 bits per heavy atom. The van der Waals surface area contributed by atoms with Crippen LogP contribution in [0.4, 0.5) is 13.6 Å². The van der Waals surface area contributed by atoms with E-state index < -0.39 is 29.4 Å².